The second-order valence-corrected chi connectivity index (χ2v) is 3.95. The molecule has 0 spiro atoms. The fourth-order valence-electron chi connectivity index (χ4n) is 1.67. The molecule has 0 bridgehead atoms. The van der Waals surface area contributed by atoms with Gasteiger partial charge in [-0.25, -0.2) is 0 Å². The van der Waals surface area contributed by atoms with E-state index in [4.69, 9.17) is 0 Å². The van der Waals surface area contributed by atoms with E-state index in [1.807, 2.05) is 31.2 Å². The highest BCUT2D eigenvalue weighted by Gasteiger charge is 2.15. The van der Waals surface area contributed by atoms with Gasteiger partial charge in [0.2, 0.25) is 5.91 Å². The van der Waals surface area contributed by atoms with Crippen LogP contribution < -0.4 is 5.32 Å². The van der Waals surface area contributed by atoms with Crippen molar-refractivity contribution in [3.63, 3.8) is 0 Å². The second-order valence-electron chi connectivity index (χ2n) is 3.95. The first-order valence-electron chi connectivity index (χ1n) is 5.48. The zero-order valence-corrected chi connectivity index (χ0v) is 10.3. The molecule has 0 saturated carbocycles. The largest absolute Gasteiger partial charge is 0.469 e. The SMILES string of the molecule is COC(=O)C[C@@H](C)c1ccccc1NC(C)=O. The van der Waals surface area contributed by atoms with Crippen LogP contribution in [0.1, 0.15) is 31.7 Å². The Morgan fingerprint density at radius 2 is 2.00 bits per heavy atom. The number of rotatable bonds is 4. The molecule has 0 radical (unpaired) electrons. The first-order chi connectivity index (χ1) is 8.04. The van der Waals surface area contributed by atoms with Gasteiger partial charge in [0, 0.05) is 12.6 Å². The highest BCUT2D eigenvalue weighted by atomic mass is 16.5. The number of benzene rings is 1. The smallest absolute Gasteiger partial charge is 0.306 e. The number of esters is 1. The summed E-state index contributed by atoms with van der Waals surface area (Å²) in [5, 5.41) is 2.75. The van der Waals surface area contributed by atoms with Gasteiger partial charge in [-0.05, 0) is 17.5 Å². The van der Waals surface area contributed by atoms with Crippen LogP contribution >= 0.6 is 0 Å². The molecule has 0 aliphatic rings. The molecule has 1 aromatic rings. The van der Waals surface area contributed by atoms with Gasteiger partial charge in [-0.3, -0.25) is 9.59 Å². The third-order valence-electron chi connectivity index (χ3n) is 2.50. The molecule has 1 rings (SSSR count). The summed E-state index contributed by atoms with van der Waals surface area (Å²) in [4.78, 5) is 22.3. The minimum absolute atomic E-state index is 0.00509. The Morgan fingerprint density at radius 3 is 2.59 bits per heavy atom. The summed E-state index contributed by atoms with van der Waals surface area (Å²) < 4.78 is 4.64. The Hall–Kier alpha value is -1.84. The summed E-state index contributed by atoms with van der Waals surface area (Å²) >= 11 is 0. The van der Waals surface area contributed by atoms with Gasteiger partial charge in [-0.15, -0.1) is 0 Å². The van der Waals surface area contributed by atoms with E-state index in [2.05, 4.69) is 10.1 Å². The highest BCUT2D eigenvalue weighted by molar-refractivity contribution is 5.89. The molecule has 0 saturated heterocycles. The van der Waals surface area contributed by atoms with Crippen LogP contribution in [0.15, 0.2) is 24.3 Å². The van der Waals surface area contributed by atoms with Crippen LogP contribution in [0.5, 0.6) is 0 Å². The molecule has 1 atom stereocenters. The molecular weight excluding hydrogens is 218 g/mol. The van der Waals surface area contributed by atoms with E-state index in [-0.39, 0.29) is 17.8 Å². The number of hydrogen-bond donors (Lipinski definition) is 1. The quantitative estimate of drug-likeness (QED) is 0.815. The Bertz CT molecular complexity index is 415. The zero-order valence-electron chi connectivity index (χ0n) is 10.3. The number of carbonyl (C=O) groups is 2. The third kappa shape index (κ3) is 3.90. The summed E-state index contributed by atoms with van der Waals surface area (Å²) in [7, 11) is 1.37. The lowest BCUT2D eigenvalue weighted by Crippen LogP contribution is -2.11. The van der Waals surface area contributed by atoms with E-state index < -0.39 is 0 Å². The topological polar surface area (TPSA) is 55.4 Å². The molecule has 0 fully saturated rings. The summed E-state index contributed by atoms with van der Waals surface area (Å²) in [5.74, 6) is -0.372. The molecule has 0 heterocycles. The molecule has 4 nitrogen and oxygen atoms in total. The Morgan fingerprint density at radius 1 is 1.35 bits per heavy atom. The van der Waals surface area contributed by atoms with Gasteiger partial charge in [0.15, 0.2) is 0 Å². The normalized spacial score (nSPS) is 11.7. The predicted molar refractivity (Wildman–Crippen MR) is 65.8 cm³/mol. The fraction of sp³-hybridized carbons (Fsp3) is 0.385. The third-order valence-corrected chi connectivity index (χ3v) is 2.50. The average molecular weight is 235 g/mol. The van der Waals surface area contributed by atoms with Crippen LogP contribution in [0.4, 0.5) is 5.69 Å². The van der Waals surface area contributed by atoms with Crippen molar-refractivity contribution in [1.82, 2.24) is 0 Å². The first kappa shape index (κ1) is 13.2. The van der Waals surface area contributed by atoms with Crippen molar-refractivity contribution >= 4 is 17.6 Å². The number of ether oxygens (including phenoxy) is 1. The van der Waals surface area contributed by atoms with Crippen LogP contribution in [-0.4, -0.2) is 19.0 Å². The van der Waals surface area contributed by atoms with E-state index >= 15 is 0 Å². The van der Waals surface area contributed by atoms with Crippen molar-refractivity contribution in [2.75, 3.05) is 12.4 Å². The van der Waals surface area contributed by atoms with Crippen molar-refractivity contribution in [1.29, 1.82) is 0 Å². The van der Waals surface area contributed by atoms with E-state index in [1.165, 1.54) is 14.0 Å². The Balaban J connectivity index is 2.88. The lowest BCUT2D eigenvalue weighted by Gasteiger charge is -2.15. The molecule has 1 amide bonds. The van der Waals surface area contributed by atoms with E-state index in [0.29, 0.717) is 6.42 Å². The number of hydrogen-bond acceptors (Lipinski definition) is 3. The minimum atomic E-state index is -0.255. The van der Waals surface area contributed by atoms with Crippen LogP contribution in [0.3, 0.4) is 0 Å². The van der Waals surface area contributed by atoms with Gasteiger partial charge in [-0.2, -0.15) is 0 Å². The van der Waals surface area contributed by atoms with E-state index in [1.54, 1.807) is 0 Å². The van der Waals surface area contributed by atoms with Gasteiger partial charge in [-0.1, -0.05) is 25.1 Å². The van der Waals surface area contributed by atoms with Crippen molar-refractivity contribution in [2.24, 2.45) is 0 Å². The molecular formula is C13H17NO3. The van der Waals surface area contributed by atoms with Crippen LogP contribution in [0.2, 0.25) is 0 Å². The minimum Gasteiger partial charge on any atom is -0.469 e. The van der Waals surface area contributed by atoms with Gasteiger partial charge in [0.05, 0.1) is 13.5 Å². The number of para-hydroxylation sites is 1. The molecule has 17 heavy (non-hydrogen) atoms. The van der Waals surface area contributed by atoms with Crippen molar-refractivity contribution in [2.45, 2.75) is 26.2 Å². The maximum absolute atomic E-state index is 11.2. The first-order valence-corrected chi connectivity index (χ1v) is 5.48. The molecule has 4 heteroatoms. The average Bonchev–Trinajstić information content (AvgIpc) is 2.28. The Kier molecular flexibility index (Phi) is 4.69. The number of nitrogens with one attached hydrogen (secondary N) is 1. The lowest BCUT2D eigenvalue weighted by atomic mass is 9.96. The standard InChI is InChI=1S/C13H17NO3/c1-9(8-13(16)17-3)11-6-4-5-7-12(11)14-10(2)15/h4-7,9H,8H2,1-3H3,(H,14,15)/t9-/m1/s1. The number of methoxy groups -OCH3 is 1. The predicted octanol–water partition coefficient (Wildman–Crippen LogP) is 2.31. The zero-order chi connectivity index (χ0) is 12.8. The van der Waals surface area contributed by atoms with Crippen molar-refractivity contribution in [3.05, 3.63) is 29.8 Å². The molecule has 0 unspecified atom stereocenters. The van der Waals surface area contributed by atoms with Crippen LogP contribution in [-0.2, 0) is 14.3 Å². The molecule has 0 aliphatic carbocycles. The maximum atomic E-state index is 11.2. The number of anilines is 1. The summed E-state index contributed by atoms with van der Waals surface area (Å²) in [5.41, 5.74) is 1.68. The van der Waals surface area contributed by atoms with E-state index in [0.717, 1.165) is 11.3 Å². The van der Waals surface area contributed by atoms with Crippen LogP contribution in [0.25, 0.3) is 0 Å². The summed E-state index contributed by atoms with van der Waals surface area (Å²) in [6, 6.07) is 7.46. The monoisotopic (exact) mass is 235 g/mol. The van der Waals surface area contributed by atoms with Crippen molar-refractivity contribution in [3.8, 4) is 0 Å². The second kappa shape index (κ2) is 6.03. The van der Waals surface area contributed by atoms with Crippen molar-refractivity contribution < 1.29 is 14.3 Å². The van der Waals surface area contributed by atoms with Gasteiger partial charge >= 0.3 is 5.97 Å². The summed E-state index contributed by atoms with van der Waals surface area (Å²) in [6.45, 7) is 3.39. The van der Waals surface area contributed by atoms with E-state index in [9.17, 15) is 9.59 Å². The molecule has 0 aromatic heterocycles. The maximum Gasteiger partial charge on any atom is 0.306 e. The summed E-state index contributed by atoms with van der Waals surface area (Å²) in [6.07, 6.45) is 0.299. The lowest BCUT2D eigenvalue weighted by molar-refractivity contribution is -0.141. The molecule has 92 valence electrons. The van der Waals surface area contributed by atoms with Gasteiger partial charge in [0.1, 0.15) is 0 Å². The molecule has 1 aromatic carbocycles. The fourth-order valence-corrected chi connectivity index (χ4v) is 1.67. The molecule has 1 N–H and O–H groups in total. The van der Waals surface area contributed by atoms with Crippen LogP contribution in [0, 0.1) is 0 Å². The highest BCUT2D eigenvalue weighted by Crippen LogP contribution is 2.26. The Labute approximate surface area is 101 Å². The number of carbonyl (C=O) groups excluding carboxylic acids is 2. The molecule has 0 aliphatic heterocycles. The number of amides is 1. The van der Waals surface area contributed by atoms with Gasteiger partial charge in [0.25, 0.3) is 0 Å². The van der Waals surface area contributed by atoms with Gasteiger partial charge < -0.3 is 10.1 Å².